The van der Waals surface area contributed by atoms with Gasteiger partial charge >= 0.3 is 6.61 Å². The lowest BCUT2D eigenvalue weighted by Crippen LogP contribution is -2.88. The number of nitriles is 1. The lowest BCUT2D eigenvalue weighted by Gasteiger charge is -2.23. The molecule has 7 heteroatoms. The van der Waals surface area contributed by atoms with E-state index in [2.05, 4.69) is 16.1 Å². The molecule has 1 aliphatic rings. The molecule has 1 aliphatic carbocycles. The van der Waals surface area contributed by atoms with Gasteiger partial charge in [0.2, 0.25) is 0 Å². The Kier molecular flexibility index (Phi) is 6.45. The molecule has 0 unspecified atom stereocenters. The van der Waals surface area contributed by atoms with E-state index in [9.17, 15) is 18.8 Å². The summed E-state index contributed by atoms with van der Waals surface area (Å²) >= 11 is 0. The SMILES string of the molecule is C[C@](C#N)(NC(=O)C[NH2+][C@@H](c1ccccc1)c1ccc(OC(F)F)cc1)C1CC1. The number of carbonyl (C=O) groups excluding carboxylic acids is 1. The highest BCUT2D eigenvalue weighted by atomic mass is 19.3. The van der Waals surface area contributed by atoms with Crippen molar-refractivity contribution in [3.8, 4) is 11.8 Å². The molecule has 1 fully saturated rings. The molecule has 3 N–H and O–H groups in total. The Hall–Kier alpha value is -2.98. The van der Waals surface area contributed by atoms with Crippen LogP contribution in [0.3, 0.4) is 0 Å². The number of ether oxygens (including phenoxy) is 1. The number of carbonyl (C=O) groups is 1. The molecular formula is C22H24F2N3O2+. The smallest absolute Gasteiger partial charge is 0.387 e. The molecule has 0 aliphatic heterocycles. The Morgan fingerprint density at radius 3 is 2.38 bits per heavy atom. The summed E-state index contributed by atoms with van der Waals surface area (Å²) in [7, 11) is 0. The molecule has 3 rings (SSSR count). The van der Waals surface area contributed by atoms with Gasteiger partial charge in [0.25, 0.3) is 5.91 Å². The van der Waals surface area contributed by atoms with Crippen molar-refractivity contribution in [1.29, 1.82) is 5.26 Å². The van der Waals surface area contributed by atoms with Gasteiger partial charge in [0.15, 0.2) is 6.54 Å². The average molecular weight is 400 g/mol. The number of hydrogen-bond acceptors (Lipinski definition) is 3. The first kappa shape index (κ1) is 20.7. The molecule has 29 heavy (non-hydrogen) atoms. The van der Waals surface area contributed by atoms with Gasteiger partial charge in [-0.3, -0.25) is 4.79 Å². The van der Waals surface area contributed by atoms with Gasteiger partial charge in [0.1, 0.15) is 17.3 Å². The second-order valence-electron chi connectivity index (χ2n) is 7.41. The molecule has 1 saturated carbocycles. The number of rotatable bonds is 9. The first-order chi connectivity index (χ1) is 13.9. The van der Waals surface area contributed by atoms with E-state index in [1.807, 2.05) is 35.6 Å². The fourth-order valence-electron chi connectivity index (χ4n) is 3.43. The summed E-state index contributed by atoms with van der Waals surface area (Å²) < 4.78 is 29.2. The van der Waals surface area contributed by atoms with E-state index in [4.69, 9.17) is 0 Å². The number of halogens is 2. The highest BCUT2D eigenvalue weighted by Gasteiger charge is 2.43. The Bertz CT molecular complexity index is 864. The maximum absolute atomic E-state index is 12.5. The van der Waals surface area contributed by atoms with Crippen molar-refractivity contribution < 1.29 is 23.6 Å². The van der Waals surface area contributed by atoms with Crippen LogP contribution in [0.25, 0.3) is 0 Å². The second kappa shape index (κ2) is 9.01. The zero-order valence-corrected chi connectivity index (χ0v) is 16.1. The lowest BCUT2D eigenvalue weighted by atomic mass is 9.97. The van der Waals surface area contributed by atoms with Crippen LogP contribution in [0.1, 0.15) is 36.9 Å². The van der Waals surface area contributed by atoms with Crippen LogP contribution in [0.4, 0.5) is 8.78 Å². The van der Waals surface area contributed by atoms with Crippen LogP contribution in [-0.4, -0.2) is 24.6 Å². The molecule has 0 radical (unpaired) electrons. The predicted octanol–water partition coefficient (Wildman–Crippen LogP) is 2.75. The van der Waals surface area contributed by atoms with Gasteiger partial charge in [-0.15, -0.1) is 0 Å². The molecule has 1 amide bonds. The summed E-state index contributed by atoms with van der Waals surface area (Å²) in [6.45, 7) is -0.973. The summed E-state index contributed by atoms with van der Waals surface area (Å²) in [6, 6.07) is 18.1. The predicted molar refractivity (Wildman–Crippen MR) is 103 cm³/mol. The van der Waals surface area contributed by atoms with Crippen LogP contribution in [0, 0.1) is 17.2 Å². The van der Waals surface area contributed by atoms with E-state index < -0.39 is 12.2 Å². The highest BCUT2D eigenvalue weighted by molar-refractivity contribution is 5.78. The minimum absolute atomic E-state index is 0.0857. The molecule has 0 bridgehead atoms. The minimum Gasteiger partial charge on any atom is -0.435 e. The van der Waals surface area contributed by atoms with Crippen molar-refractivity contribution in [3.05, 3.63) is 65.7 Å². The van der Waals surface area contributed by atoms with Crippen molar-refractivity contribution >= 4 is 5.91 Å². The van der Waals surface area contributed by atoms with Crippen LogP contribution >= 0.6 is 0 Å². The Morgan fingerprint density at radius 2 is 1.83 bits per heavy atom. The van der Waals surface area contributed by atoms with Crippen LogP contribution in [0.15, 0.2) is 54.6 Å². The number of alkyl halides is 2. The van der Waals surface area contributed by atoms with E-state index in [-0.39, 0.29) is 30.2 Å². The number of quaternary nitrogens is 1. The topological polar surface area (TPSA) is 78.7 Å². The third kappa shape index (κ3) is 5.52. The third-order valence-electron chi connectivity index (χ3n) is 5.19. The molecule has 2 aromatic rings. The average Bonchev–Trinajstić information content (AvgIpc) is 3.55. The zero-order valence-electron chi connectivity index (χ0n) is 16.1. The lowest BCUT2D eigenvalue weighted by molar-refractivity contribution is -0.676. The number of nitrogens with two attached hydrogens (primary N) is 1. The van der Waals surface area contributed by atoms with Crippen molar-refractivity contribution in [2.75, 3.05) is 6.54 Å². The molecule has 2 atom stereocenters. The maximum atomic E-state index is 12.5. The largest absolute Gasteiger partial charge is 0.435 e. The van der Waals surface area contributed by atoms with Crippen molar-refractivity contribution in [3.63, 3.8) is 0 Å². The number of nitrogens with zero attached hydrogens (tertiary/aromatic N) is 1. The number of benzene rings is 2. The molecule has 0 aromatic heterocycles. The van der Waals surface area contributed by atoms with Gasteiger partial charge in [-0.1, -0.05) is 30.3 Å². The van der Waals surface area contributed by atoms with Gasteiger partial charge < -0.3 is 15.4 Å². The molecule has 0 saturated heterocycles. The fraction of sp³-hybridized carbons (Fsp3) is 0.364. The number of amides is 1. The Labute approximate surface area is 168 Å². The Morgan fingerprint density at radius 1 is 1.21 bits per heavy atom. The van der Waals surface area contributed by atoms with Gasteiger partial charge in [-0.05, 0) is 49.9 Å². The number of hydrogen-bond donors (Lipinski definition) is 2. The summed E-state index contributed by atoms with van der Waals surface area (Å²) in [6.07, 6.45) is 1.90. The van der Waals surface area contributed by atoms with Crippen LogP contribution in [0.2, 0.25) is 0 Å². The molecular weight excluding hydrogens is 376 g/mol. The number of nitrogens with one attached hydrogen (secondary N) is 1. The normalized spacial score (nSPS) is 16.5. The summed E-state index contributed by atoms with van der Waals surface area (Å²) in [4.78, 5) is 12.5. The van der Waals surface area contributed by atoms with Gasteiger partial charge in [0, 0.05) is 11.1 Å². The zero-order chi connectivity index (χ0) is 20.9. The Balaban J connectivity index is 1.71. The van der Waals surface area contributed by atoms with Gasteiger partial charge in [-0.25, -0.2) is 0 Å². The monoisotopic (exact) mass is 400 g/mol. The van der Waals surface area contributed by atoms with E-state index in [0.717, 1.165) is 24.0 Å². The third-order valence-corrected chi connectivity index (χ3v) is 5.19. The van der Waals surface area contributed by atoms with Crippen molar-refractivity contribution in [2.24, 2.45) is 5.92 Å². The molecule has 152 valence electrons. The van der Waals surface area contributed by atoms with Gasteiger partial charge in [-0.2, -0.15) is 14.0 Å². The molecule has 0 heterocycles. The maximum Gasteiger partial charge on any atom is 0.387 e. The minimum atomic E-state index is -2.87. The first-order valence-electron chi connectivity index (χ1n) is 9.56. The van der Waals surface area contributed by atoms with E-state index in [1.165, 1.54) is 12.1 Å². The quantitative estimate of drug-likeness (QED) is 0.679. The van der Waals surface area contributed by atoms with E-state index in [1.54, 1.807) is 19.1 Å². The van der Waals surface area contributed by atoms with E-state index >= 15 is 0 Å². The van der Waals surface area contributed by atoms with Crippen LogP contribution in [-0.2, 0) is 4.79 Å². The van der Waals surface area contributed by atoms with Crippen LogP contribution < -0.4 is 15.4 Å². The first-order valence-corrected chi connectivity index (χ1v) is 9.56. The van der Waals surface area contributed by atoms with Crippen LogP contribution in [0.5, 0.6) is 5.75 Å². The van der Waals surface area contributed by atoms with Crippen molar-refractivity contribution in [1.82, 2.24) is 5.32 Å². The van der Waals surface area contributed by atoms with Gasteiger partial charge in [0.05, 0.1) is 6.07 Å². The highest BCUT2D eigenvalue weighted by Crippen LogP contribution is 2.39. The summed E-state index contributed by atoms with van der Waals surface area (Å²) in [5.41, 5.74) is 1.01. The summed E-state index contributed by atoms with van der Waals surface area (Å²) in [5, 5.41) is 14.2. The second-order valence-corrected chi connectivity index (χ2v) is 7.41. The fourth-order valence-corrected chi connectivity index (χ4v) is 3.43. The standard InChI is InChI=1S/C22H23F2N3O2/c1-22(14-25,17-9-10-17)27-19(28)13-26-20(15-5-3-2-4-6-15)16-7-11-18(12-8-16)29-21(23)24/h2-8,11-12,17,20-21,26H,9-10,13H2,1H3,(H,27,28)/p+1/t20-,22+/m0/s1. The summed E-state index contributed by atoms with van der Waals surface area (Å²) in [5.74, 6) is 0.0887. The van der Waals surface area contributed by atoms with Crippen molar-refractivity contribution in [2.45, 2.75) is 38.0 Å². The molecule has 5 nitrogen and oxygen atoms in total. The molecule has 2 aromatic carbocycles. The molecule has 0 spiro atoms. The van der Waals surface area contributed by atoms with E-state index in [0.29, 0.717) is 0 Å².